The molecule has 0 bridgehead atoms. The van der Waals surface area contributed by atoms with E-state index in [9.17, 15) is 0 Å². The van der Waals surface area contributed by atoms with Crippen molar-refractivity contribution in [3.8, 4) is 0 Å². The quantitative estimate of drug-likeness (QED) is 0.0895. The van der Waals surface area contributed by atoms with E-state index in [-0.39, 0.29) is 0 Å². The molecule has 0 aliphatic heterocycles. The Morgan fingerprint density at radius 1 is 0.300 bits per heavy atom. The molecule has 0 radical (unpaired) electrons. The van der Waals surface area contributed by atoms with Crippen LogP contribution in [-0.4, -0.2) is 13.3 Å². The normalized spacial score (nSPS) is 12.0. The molecule has 0 aromatic carbocycles. The fraction of sp³-hybridized carbons (Fsp3) is 1.00. The van der Waals surface area contributed by atoms with Gasteiger partial charge in [0.2, 0.25) is 0 Å². The molecule has 0 aromatic rings. The Labute approximate surface area is 196 Å². The van der Waals surface area contributed by atoms with Crippen molar-refractivity contribution in [1.29, 1.82) is 0 Å². The zero-order valence-corrected chi connectivity index (χ0v) is 24.3. The van der Waals surface area contributed by atoms with Crippen molar-refractivity contribution in [3.63, 3.8) is 0 Å². The standard InChI is InChI=1S/C29H62Ge/c1-5-6-7-8-9-10-11-12-13-14-15-16-17-18-19-20-21-22-23-24-25-26-27-28-29-30(2,3)4/h5-29H2,1-4H3. The summed E-state index contributed by atoms with van der Waals surface area (Å²) in [6.07, 6.45) is 35.7. The van der Waals surface area contributed by atoms with Crippen LogP contribution in [0.15, 0.2) is 0 Å². The summed E-state index contributed by atoms with van der Waals surface area (Å²) in [6, 6.07) is 0. The van der Waals surface area contributed by atoms with E-state index < -0.39 is 13.3 Å². The van der Waals surface area contributed by atoms with Gasteiger partial charge in [-0.15, -0.1) is 0 Å². The maximum atomic E-state index is 2.55. The molecule has 30 heavy (non-hydrogen) atoms. The monoisotopic (exact) mass is 484 g/mol. The third kappa shape index (κ3) is 28.5. The zero-order chi connectivity index (χ0) is 22.2. The predicted octanol–water partition coefficient (Wildman–Crippen LogP) is 11.7. The summed E-state index contributed by atoms with van der Waals surface area (Å²) in [6.45, 7) is 2.31. The molecule has 182 valence electrons. The summed E-state index contributed by atoms with van der Waals surface area (Å²) in [5, 5.41) is 1.58. The van der Waals surface area contributed by atoms with Gasteiger partial charge in [-0.1, -0.05) is 90.4 Å². The molecule has 0 N–H and O–H groups in total. The molecule has 0 aromatic heterocycles. The van der Waals surface area contributed by atoms with Crippen LogP contribution < -0.4 is 0 Å². The van der Waals surface area contributed by atoms with Gasteiger partial charge in [0.05, 0.1) is 0 Å². The molecular weight excluding hydrogens is 421 g/mol. The van der Waals surface area contributed by atoms with Gasteiger partial charge in [-0.3, -0.25) is 0 Å². The van der Waals surface area contributed by atoms with E-state index in [1.807, 2.05) is 0 Å². The first kappa shape index (κ1) is 30.5. The number of unbranched alkanes of at least 4 members (excludes halogenated alkanes) is 23. The molecule has 0 nitrogen and oxygen atoms in total. The van der Waals surface area contributed by atoms with Gasteiger partial charge < -0.3 is 0 Å². The Kier molecular flexibility index (Phi) is 24.6. The molecular formula is C29H62Ge. The first-order valence-electron chi connectivity index (χ1n) is 14.6. The van der Waals surface area contributed by atoms with E-state index in [1.165, 1.54) is 154 Å². The molecule has 0 saturated carbocycles. The summed E-state index contributed by atoms with van der Waals surface area (Å²) in [4.78, 5) is 0. The summed E-state index contributed by atoms with van der Waals surface area (Å²) >= 11 is -1.23. The average molecular weight is 483 g/mol. The first-order valence-corrected chi connectivity index (χ1v) is 22.3. The van der Waals surface area contributed by atoms with Gasteiger partial charge in [0.25, 0.3) is 0 Å². The van der Waals surface area contributed by atoms with E-state index in [0.29, 0.717) is 0 Å². The second kappa shape index (κ2) is 24.2. The van der Waals surface area contributed by atoms with Gasteiger partial charge in [-0.05, 0) is 0 Å². The molecule has 0 saturated heterocycles. The molecule has 0 unspecified atom stereocenters. The molecule has 0 aliphatic carbocycles. The SMILES string of the molecule is CCCCCCCCCCCCCCCCCCCCCCCCC[CH2][Ge]([CH3])([CH3])[CH3]. The van der Waals surface area contributed by atoms with Crippen LogP contribution in [0.5, 0.6) is 0 Å². The van der Waals surface area contributed by atoms with Gasteiger partial charge in [0.15, 0.2) is 0 Å². The minimum atomic E-state index is -1.23. The van der Waals surface area contributed by atoms with E-state index >= 15 is 0 Å². The van der Waals surface area contributed by atoms with Gasteiger partial charge in [-0.2, -0.15) is 0 Å². The van der Waals surface area contributed by atoms with Crippen LogP contribution in [0.25, 0.3) is 0 Å². The Morgan fingerprint density at radius 3 is 0.700 bits per heavy atom. The van der Waals surface area contributed by atoms with Crippen molar-refractivity contribution in [3.05, 3.63) is 0 Å². The van der Waals surface area contributed by atoms with Crippen molar-refractivity contribution < 1.29 is 0 Å². The third-order valence-electron chi connectivity index (χ3n) is 6.78. The van der Waals surface area contributed by atoms with E-state index in [0.717, 1.165) is 0 Å². The predicted molar refractivity (Wildman–Crippen MR) is 145 cm³/mol. The van der Waals surface area contributed by atoms with Crippen molar-refractivity contribution in [2.45, 2.75) is 184 Å². The van der Waals surface area contributed by atoms with Gasteiger partial charge in [0.1, 0.15) is 0 Å². The van der Waals surface area contributed by atoms with Crippen molar-refractivity contribution >= 4 is 13.3 Å². The molecule has 0 rings (SSSR count). The Bertz CT molecular complexity index is 304. The van der Waals surface area contributed by atoms with Crippen LogP contribution in [0, 0.1) is 0 Å². The summed E-state index contributed by atoms with van der Waals surface area (Å²) in [5.41, 5.74) is 0. The molecule has 0 heterocycles. The van der Waals surface area contributed by atoms with E-state index in [4.69, 9.17) is 0 Å². The summed E-state index contributed by atoms with van der Waals surface area (Å²) < 4.78 is 0. The average Bonchev–Trinajstić information content (AvgIpc) is 2.70. The Hall–Kier alpha value is 0.543. The molecule has 0 aliphatic rings. The van der Waals surface area contributed by atoms with Crippen LogP contribution >= 0.6 is 0 Å². The molecule has 0 amide bonds. The number of hydrogen-bond acceptors (Lipinski definition) is 0. The molecule has 0 spiro atoms. The first-order chi connectivity index (χ1) is 14.6. The van der Waals surface area contributed by atoms with Crippen LogP contribution in [0.1, 0.15) is 161 Å². The van der Waals surface area contributed by atoms with Crippen LogP contribution in [0.2, 0.25) is 22.5 Å². The van der Waals surface area contributed by atoms with Crippen LogP contribution in [0.3, 0.4) is 0 Å². The minimum absolute atomic E-state index is 1.23. The summed E-state index contributed by atoms with van der Waals surface area (Å²) in [7, 11) is 0. The fourth-order valence-corrected chi connectivity index (χ4v) is 7.37. The fourth-order valence-electron chi connectivity index (χ4n) is 4.62. The van der Waals surface area contributed by atoms with E-state index in [2.05, 4.69) is 24.2 Å². The topological polar surface area (TPSA) is 0 Å². The zero-order valence-electron chi connectivity index (χ0n) is 22.2. The Morgan fingerprint density at radius 2 is 0.500 bits per heavy atom. The van der Waals surface area contributed by atoms with Crippen molar-refractivity contribution in [2.75, 3.05) is 0 Å². The molecule has 1 heteroatoms. The van der Waals surface area contributed by atoms with Gasteiger partial charge >= 0.3 is 106 Å². The number of hydrogen-bond donors (Lipinski definition) is 0. The number of rotatable bonds is 25. The van der Waals surface area contributed by atoms with E-state index in [1.54, 1.807) is 5.25 Å². The van der Waals surface area contributed by atoms with Crippen LogP contribution in [0.4, 0.5) is 0 Å². The second-order valence-electron chi connectivity index (χ2n) is 11.4. The molecule has 0 atom stereocenters. The van der Waals surface area contributed by atoms with Gasteiger partial charge in [0, 0.05) is 0 Å². The Balaban J connectivity index is 3.02. The van der Waals surface area contributed by atoms with Crippen molar-refractivity contribution in [2.24, 2.45) is 0 Å². The summed E-state index contributed by atoms with van der Waals surface area (Å²) in [5.74, 6) is 7.66. The maximum absolute atomic E-state index is 2.55. The van der Waals surface area contributed by atoms with Crippen LogP contribution in [-0.2, 0) is 0 Å². The van der Waals surface area contributed by atoms with Gasteiger partial charge in [-0.25, -0.2) is 0 Å². The molecule has 0 fully saturated rings. The second-order valence-corrected chi connectivity index (χ2v) is 23.2. The van der Waals surface area contributed by atoms with Crippen molar-refractivity contribution in [1.82, 2.24) is 0 Å². The third-order valence-corrected chi connectivity index (χ3v) is 10.7.